The number of rotatable bonds is 10. The van der Waals surface area contributed by atoms with Crippen LogP contribution in [0, 0.1) is 5.41 Å². The number of nitrogens with one attached hydrogen (secondary N) is 2. The number of carbonyl (C=O) groups is 1. The molecule has 7 rings (SSSR count). The van der Waals surface area contributed by atoms with Gasteiger partial charge in [0.2, 0.25) is 11.9 Å². The highest BCUT2D eigenvalue weighted by molar-refractivity contribution is 6.02. The topological polar surface area (TPSA) is 110 Å². The van der Waals surface area contributed by atoms with E-state index in [0.29, 0.717) is 28.9 Å². The molecule has 3 aliphatic rings. The standard InChI is InChI=1S/C33H36N8O3/c1-3-30(42)35-25-15-26(28(43-2)16-27(25)40-19-33(20-40)21-44-22-33)36-32-34-12-11-29(37-32)41-18-24(17-39-13-7-8-14-39)31(38-41)23-9-5-4-6-10-23/h3-6,9-12,15-16,18H,1,7-8,13-14,17,19-22H2,2H3,(H,35,42)(H,34,36,37). The van der Waals surface area contributed by atoms with Gasteiger partial charge in [0.1, 0.15) is 5.75 Å². The predicted octanol–water partition coefficient (Wildman–Crippen LogP) is 4.64. The van der Waals surface area contributed by atoms with Crippen LogP contribution in [0.25, 0.3) is 17.1 Å². The van der Waals surface area contributed by atoms with E-state index in [1.807, 2.05) is 41.1 Å². The van der Waals surface area contributed by atoms with Crippen molar-refractivity contribution >= 4 is 28.9 Å². The summed E-state index contributed by atoms with van der Waals surface area (Å²) in [7, 11) is 1.62. The van der Waals surface area contributed by atoms with Crippen molar-refractivity contribution in [3.05, 3.63) is 79.1 Å². The maximum Gasteiger partial charge on any atom is 0.247 e. The largest absolute Gasteiger partial charge is 0.494 e. The van der Waals surface area contributed by atoms with Crippen LogP contribution in [0.5, 0.6) is 5.75 Å². The first kappa shape index (κ1) is 28.1. The van der Waals surface area contributed by atoms with Crippen LogP contribution in [0.4, 0.5) is 23.0 Å². The van der Waals surface area contributed by atoms with E-state index in [1.165, 1.54) is 18.9 Å². The van der Waals surface area contributed by atoms with Gasteiger partial charge in [-0.1, -0.05) is 36.9 Å². The Kier molecular flexibility index (Phi) is 7.49. The second-order valence-electron chi connectivity index (χ2n) is 11.8. The number of benzene rings is 2. The maximum absolute atomic E-state index is 12.4. The normalized spacial score (nSPS) is 17.2. The number of likely N-dealkylation sites (tertiary alicyclic amines) is 1. The van der Waals surface area contributed by atoms with E-state index in [1.54, 1.807) is 13.3 Å². The molecule has 44 heavy (non-hydrogen) atoms. The lowest BCUT2D eigenvalue weighted by Gasteiger charge is -2.56. The van der Waals surface area contributed by atoms with Crippen LogP contribution in [0.1, 0.15) is 18.4 Å². The summed E-state index contributed by atoms with van der Waals surface area (Å²) >= 11 is 0. The van der Waals surface area contributed by atoms with Crippen LogP contribution >= 0.6 is 0 Å². The summed E-state index contributed by atoms with van der Waals surface area (Å²) in [5.74, 6) is 1.33. The van der Waals surface area contributed by atoms with Gasteiger partial charge in [-0.25, -0.2) is 9.67 Å². The van der Waals surface area contributed by atoms with E-state index >= 15 is 0 Å². The summed E-state index contributed by atoms with van der Waals surface area (Å²) in [6.45, 7) is 9.92. The molecule has 0 radical (unpaired) electrons. The molecule has 3 fully saturated rings. The molecule has 5 heterocycles. The number of anilines is 4. The van der Waals surface area contributed by atoms with E-state index in [-0.39, 0.29) is 11.3 Å². The summed E-state index contributed by atoms with van der Waals surface area (Å²) < 4.78 is 13.0. The van der Waals surface area contributed by atoms with Gasteiger partial charge in [0.05, 0.1) is 48.5 Å². The SMILES string of the molecule is C=CC(=O)Nc1cc(Nc2nccc(-n3cc(CN4CCCC4)c(-c4ccccc4)n3)n2)c(OC)cc1N1CC2(COC2)C1. The van der Waals surface area contributed by atoms with Gasteiger partial charge in [-0.15, -0.1) is 0 Å². The summed E-state index contributed by atoms with van der Waals surface area (Å²) in [5.41, 5.74) is 5.54. The van der Waals surface area contributed by atoms with Crippen molar-refractivity contribution in [2.75, 3.05) is 62.0 Å². The lowest BCUT2D eigenvalue weighted by Crippen LogP contribution is -2.66. The predicted molar refractivity (Wildman–Crippen MR) is 170 cm³/mol. The van der Waals surface area contributed by atoms with Gasteiger partial charge < -0.3 is 25.0 Å². The zero-order valence-electron chi connectivity index (χ0n) is 24.8. The van der Waals surface area contributed by atoms with Gasteiger partial charge in [0, 0.05) is 55.3 Å². The molecule has 1 amide bonds. The second kappa shape index (κ2) is 11.7. The Morgan fingerprint density at radius 2 is 1.91 bits per heavy atom. The molecule has 11 heteroatoms. The quantitative estimate of drug-likeness (QED) is 0.255. The Hall–Kier alpha value is -4.74. The molecular weight excluding hydrogens is 556 g/mol. The van der Waals surface area contributed by atoms with Crippen molar-refractivity contribution in [2.45, 2.75) is 19.4 Å². The molecule has 4 aromatic rings. The van der Waals surface area contributed by atoms with Crippen LogP contribution in [0.15, 0.2) is 73.6 Å². The number of hydrogen-bond acceptors (Lipinski definition) is 9. The number of amides is 1. The number of nitrogens with zero attached hydrogens (tertiary/aromatic N) is 6. The van der Waals surface area contributed by atoms with Crippen LogP contribution in [0.2, 0.25) is 0 Å². The van der Waals surface area contributed by atoms with Crippen molar-refractivity contribution in [2.24, 2.45) is 5.41 Å². The van der Waals surface area contributed by atoms with Crippen molar-refractivity contribution in [1.82, 2.24) is 24.6 Å². The van der Waals surface area contributed by atoms with Gasteiger partial charge in [0.25, 0.3) is 0 Å². The summed E-state index contributed by atoms with van der Waals surface area (Å²) in [5, 5.41) is 11.2. The zero-order valence-corrected chi connectivity index (χ0v) is 24.8. The first-order chi connectivity index (χ1) is 21.5. The highest BCUT2D eigenvalue weighted by Crippen LogP contribution is 2.45. The monoisotopic (exact) mass is 592 g/mol. The fourth-order valence-electron chi connectivity index (χ4n) is 6.21. The molecule has 2 aromatic heterocycles. The Morgan fingerprint density at radius 1 is 1.11 bits per heavy atom. The molecule has 11 nitrogen and oxygen atoms in total. The van der Waals surface area contributed by atoms with Crippen molar-refractivity contribution < 1.29 is 14.3 Å². The average Bonchev–Trinajstić information content (AvgIpc) is 3.68. The minimum absolute atomic E-state index is 0.208. The van der Waals surface area contributed by atoms with Gasteiger partial charge in [0.15, 0.2) is 5.82 Å². The molecular formula is C33H36N8O3. The highest BCUT2D eigenvalue weighted by atomic mass is 16.5. The summed E-state index contributed by atoms with van der Waals surface area (Å²) in [4.78, 5) is 26.4. The maximum atomic E-state index is 12.4. The number of methoxy groups -OCH3 is 1. The van der Waals surface area contributed by atoms with Crippen molar-refractivity contribution in [3.63, 3.8) is 0 Å². The molecule has 3 saturated heterocycles. The van der Waals surface area contributed by atoms with Gasteiger partial charge in [-0.05, 0) is 38.1 Å². The molecule has 0 aliphatic carbocycles. The van der Waals surface area contributed by atoms with E-state index in [4.69, 9.17) is 19.6 Å². The number of aromatic nitrogens is 4. The second-order valence-corrected chi connectivity index (χ2v) is 11.8. The van der Waals surface area contributed by atoms with Crippen LogP contribution in [-0.4, -0.2) is 77.1 Å². The molecule has 0 atom stereocenters. The molecule has 0 saturated carbocycles. The fourth-order valence-corrected chi connectivity index (χ4v) is 6.21. The first-order valence-electron chi connectivity index (χ1n) is 15.0. The van der Waals surface area contributed by atoms with Gasteiger partial charge in [-0.3, -0.25) is 9.69 Å². The zero-order chi connectivity index (χ0) is 30.1. The van der Waals surface area contributed by atoms with E-state index in [9.17, 15) is 4.79 Å². The van der Waals surface area contributed by atoms with E-state index in [0.717, 1.165) is 68.4 Å². The van der Waals surface area contributed by atoms with E-state index < -0.39 is 0 Å². The Bertz CT molecular complexity index is 1670. The van der Waals surface area contributed by atoms with Crippen molar-refractivity contribution in [1.29, 1.82) is 0 Å². The molecule has 226 valence electrons. The average molecular weight is 593 g/mol. The Balaban J connectivity index is 1.18. The molecule has 1 spiro atoms. The third-order valence-corrected chi connectivity index (χ3v) is 8.52. The van der Waals surface area contributed by atoms with Crippen LogP contribution in [0.3, 0.4) is 0 Å². The molecule has 2 aromatic carbocycles. The molecule has 2 N–H and O–H groups in total. The Labute approximate surface area is 256 Å². The molecule has 3 aliphatic heterocycles. The lowest BCUT2D eigenvalue weighted by molar-refractivity contribution is -0.127. The minimum atomic E-state index is -0.291. The first-order valence-corrected chi connectivity index (χ1v) is 15.0. The van der Waals surface area contributed by atoms with Crippen LogP contribution in [-0.2, 0) is 16.1 Å². The summed E-state index contributed by atoms with van der Waals surface area (Å²) in [6.07, 6.45) is 7.49. The smallest absolute Gasteiger partial charge is 0.247 e. The summed E-state index contributed by atoms with van der Waals surface area (Å²) in [6, 6.07) is 15.9. The number of carbonyl (C=O) groups excluding carboxylic acids is 1. The lowest BCUT2D eigenvalue weighted by atomic mass is 9.77. The van der Waals surface area contributed by atoms with Gasteiger partial charge >= 0.3 is 0 Å². The third kappa shape index (κ3) is 5.51. The molecule has 0 unspecified atom stereocenters. The van der Waals surface area contributed by atoms with Crippen molar-refractivity contribution in [3.8, 4) is 22.8 Å². The van der Waals surface area contributed by atoms with Crippen LogP contribution < -0.4 is 20.3 Å². The number of hydrogen-bond donors (Lipinski definition) is 2. The third-order valence-electron chi connectivity index (χ3n) is 8.52. The molecule has 0 bridgehead atoms. The Morgan fingerprint density at radius 3 is 2.61 bits per heavy atom. The number of ether oxygens (including phenoxy) is 2. The fraction of sp³-hybridized carbons (Fsp3) is 0.333. The highest BCUT2D eigenvalue weighted by Gasteiger charge is 2.49. The van der Waals surface area contributed by atoms with Gasteiger partial charge in [-0.2, -0.15) is 10.1 Å². The van der Waals surface area contributed by atoms with E-state index in [2.05, 4.69) is 50.3 Å². The minimum Gasteiger partial charge on any atom is -0.494 e.